The summed E-state index contributed by atoms with van der Waals surface area (Å²) in [7, 11) is -3.20. The summed E-state index contributed by atoms with van der Waals surface area (Å²) in [6.45, 7) is 3.13. The Bertz CT molecular complexity index is 509. The van der Waals surface area contributed by atoms with Gasteiger partial charge in [-0.25, -0.2) is 12.7 Å². The topological polar surface area (TPSA) is 37.4 Å². The highest BCUT2D eigenvalue weighted by atomic mass is 35.5. The smallest absolute Gasteiger partial charge is 0.212 e. The molecule has 1 saturated carbocycles. The highest BCUT2D eigenvalue weighted by Gasteiger charge is 2.29. The van der Waals surface area contributed by atoms with Crippen LogP contribution in [0.3, 0.4) is 0 Å². The van der Waals surface area contributed by atoms with E-state index in [2.05, 4.69) is 0 Å². The zero-order chi connectivity index (χ0) is 13.9. The Labute approximate surface area is 120 Å². The Balaban J connectivity index is 2.05. The molecular formula is C14H20ClNO2S. The van der Waals surface area contributed by atoms with Gasteiger partial charge in [-0.3, -0.25) is 0 Å². The van der Waals surface area contributed by atoms with Gasteiger partial charge in [0.15, 0.2) is 0 Å². The number of hydrogen-bond donors (Lipinski definition) is 0. The van der Waals surface area contributed by atoms with Gasteiger partial charge in [-0.15, -0.1) is 11.6 Å². The maximum absolute atomic E-state index is 12.3. The van der Waals surface area contributed by atoms with Crippen LogP contribution in [0.2, 0.25) is 0 Å². The molecule has 1 aliphatic rings. The number of nitrogens with zero attached hydrogens (tertiary/aromatic N) is 1. The zero-order valence-electron chi connectivity index (χ0n) is 11.2. The Morgan fingerprint density at radius 1 is 1.21 bits per heavy atom. The molecule has 5 heteroatoms. The van der Waals surface area contributed by atoms with E-state index >= 15 is 0 Å². The van der Waals surface area contributed by atoms with E-state index in [9.17, 15) is 8.42 Å². The second-order valence-electron chi connectivity index (χ2n) is 5.10. The number of alkyl halides is 1. The first-order chi connectivity index (χ1) is 9.05. The van der Waals surface area contributed by atoms with Gasteiger partial charge in [0.05, 0.1) is 5.75 Å². The largest absolute Gasteiger partial charge is 0.218 e. The van der Waals surface area contributed by atoms with E-state index in [4.69, 9.17) is 11.6 Å². The molecular weight excluding hydrogens is 282 g/mol. The first-order valence-electron chi connectivity index (χ1n) is 6.66. The van der Waals surface area contributed by atoms with Crippen LogP contribution in [-0.4, -0.2) is 25.8 Å². The number of sulfonamides is 1. The van der Waals surface area contributed by atoms with Gasteiger partial charge in [-0.1, -0.05) is 31.2 Å². The van der Waals surface area contributed by atoms with Gasteiger partial charge in [0, 0.05) is 19.0 Å². The molecule has 1 aliphatic carbocycles. The zero-order valence-corrected chi connectivity index (χ0v) is 12.8. The quantitative estimate of drug-likeness (QED) is 0.726. The Hall–Kier alpha value is -0.580. The molecule has 0 radical (unpaired) electrons. The van der Waals surface area contributed by atoms with Crippen LogP contribution in [0.1, 0.15) is 30.9 Å². The van der Waals surface area contributed by atoms with Crippen molar-refractivity contribution in [3.8, 4) is 0 Å². The third kappa shape index (κ3) is 4.20. The summed E-state index contributed by atoms with van der Waals surface area (Å²) in [6.07, 6.45) is 2.33. The highest BCUT2D eigenvalue weighted by Crippen LogP contribution is 2.30. The second-order valence-corrected chi connectivity index (χ2v) is 7.34. The Morgan fingerprint density at radius 3 is 2.26 bits per heavy atom. The summed E-state index contributed by atoms with van der Waals surface area (Å²) in [5.41, 5.74) is 1.83. The van der Waals surface area contributed by atoms with Gasteiger partial charge >= 0.3 is 0 Å². The molecule has 0 unspecified atom stereocenters. The van der Waals surface area contributed by atoms with Crippen molar-refractivity contribution in [2.75, 3.05) is 13.1 Å². The van der Waals surface area contributed by atoms with Crippen molar-refractivity contribution < 1.29 is 8.42 Å². The molecule has 0 bridgehead atoms. The van der Waals surface area contributed by atoms with Crippen LogP contribution in [-0.2, 0) is 21.7 Å². The molecule has 106 valence electrons. The van der Waals surface area contributed by atoms with Crippen LogP contribution in [0, 0.1) is 5.92 Å². The van der Waals surface area contributed by atoms with Crippen molar-refractivity contribution in [1.82, 2.24) is 4.31 Å². The summed E-state index contributed by atoms with van der Waals surface area (Å²) >= 11 is 5.72. The van der Waals surface area contributed by atoms with E-state index < -0.39 is 10.0 Å². The van der Waals surface area contributed by atoms with Crippen LogP contribution in [0.25, 0.3) is 0 Å². The molecule has 1 aromatic rings. The van der Waals surface area contributed by atoms with Gasteiger partial charge in [0.2, 0.25) is 10.0 Å². The maximum Gasteiger partial charge on any atom is 0.218 e. The molecule has 0 aliphatic heterocycles. The number of halogens is 1. The predicted octanol–water partition coefficient (Wildman–Crippen LogP) is 2.99. The summed E-state index contributed by atoms with van der Waals surface area (Å²) < 4.78 is 26.3. The molecule has 0 aromatic heterocycles. The minimum absolute atomic E-state index is 0.0795. The van der Waals surface area contributed by atoms with E-state index in [1.54, 1.807) is 4.31 Å². The minimum Gasteiger partial charge on any atom is -0.212 e. The SMILES string of the molecule is CCN(CC1CC1)S(=O)(=O)Cc1ccc(CCl)cc1. The van der Waals surface area contributed by atoms with Gasteiger partial charge in [0.1, 0.15) is 0 Å². The third-order valence-corrected chi connectivity index (χ3v) is 5.63. The number of benzene rings is 1. The van der Waals surface area contributed by atoms with Gasteiger partial charge in [0.25, 0.3) is 0 Å². The van der Waals surface area contributed by atoms with Crippen LogP contribution in [0.5, 0.6) is 0 Å². The van der Waals surface area contributed by atoms with E-state index in [0.29, 0.717) is 24.9 Å². The molecule has 0 amide bonds. The summed E-state index contributed by atoms with van der Waals surface area (Å²) in [6, 6.07) is 7.46. The molecule has 0 atom stereocenters. The Kier molecular flexibility index (Phi) is 4.87. The molecule has 2 rings (SSSR count). The fourth-order valence-electron chi connectivity index (χ4n) is 2.05. The van der Waals surface area contributed by atoms with E-state index in [1.807, 2.05) is 31.2 Å². The minimum atomic E-state index is -3.20. The standard InChI is InChI=1S/C14H20ClNO2S/c1-2-16(10-13-5-6-13)19(17,18)11-14-7-3-12(9-15)4-8-14/h3-4,7-8,13H,2,5-6,9-11H2,1H3. The average Bonchev–Trinajstić information content (AvgIpc) is 3.20. The van der Waals surface area contributed by atoms with E-state index in [-0.39, 0.29) is 5.75 Å². The summed E-state index contributed by atoms with van der Waals surface area (Å²) in [5, 5.41) is 0. The molecule has 0 saturated heterocycles. The van der Waals surface area contributed by atoms with Gasteiger partial charge in [-0.2, -0.15) is 0 Å². The lowest BCUT2D eigenvalue weighted by Gasteiger charge is -2.20. The third-order valence-electron chi connectivity index (χ3n) is 3.43. The van der Waals surface area contributed by atoms with Crippen LogP contribution in [0.15, 0.2) is 24.3 Å². The molecule has 0 heterocycles. The second kappa shape index (κ2) is 6.25. The average molecular weight is 302 g/mol. The lowest BCUT2D eigenvalue weighted by molar-refractivity contribution is 0.411. The number of hydrogen-bond acceptors (Lipinski definition) is 2. The molecule has 0 N–H and O–H groups in total. The van der Waals surface area contributed by atoms with Gasteiger partial charge in [-0.05, 0) is 29.9 Å². The monoisotopic (exact) mass is 301 g/mol. The molecule has 1 aromatic carbocycles. The first-order valence-corrected chi connectivity index (χ1v) is 8.81. The highest BCUT2D eigenvalue weighted by molar-refractivity contribution is 7.88. The molecule has 0 spiro atoms. The van der Waals surface area contributed by atoms with Gasteiger partial charge < -0.3 is 0 Å². The predicted molar refractivity (Wildman–Crippen MR) is 78.6 cm³/mol. The number of rotatable bonds is 7. The molecule has 1 fully saturated rings. The lowest BCUT2D eigenvalue weighted by Crippen LogP contribution is -2.33. The summed E-state index contributed by atoms with van der Waals surface area (Å²) in [4.78, 5) is 0. The van der Waals surface area contributed by atoms with Crippen LogP contribution in [0.4, 0.5) is 0 Å². The Morgan fingerprint density at radius 2 is 1.79 bits per heavy atom. The van der Waals surface area contributed by atoms with Crippen molar-refractivity contribution in [2.24, 2.45) is 5.92 Å². The van der Waals surface area contributed by atoms with E-state index in [1.165, 1.54) is 0 Å². The van der Waals surface area contributed by atoms with E-state index in [0.717, 1.165) is 24.0 Å². The first kappa shape index (κ1) is 14.8. The van der Waals surface area contributed by atoms with Crippen molar-refractivity contribution in [2.45, 2.75) is 31.4 Å². The molecule has 3 nitrogen and oxygen atoms in total. The van der Waals surface area contributed by atoms with Crippen molar-refractivity contribution >= 4 is 21.6 Å². The summed E-state index contributed by atoms with van der Waals surface area (Å²) in [5.74, 6) is 1.11. The normalized spacial score (nSPS) is 15.9. The fraction of sp³-hybridized carbons (Fsp3) is 0.571. The lowest BCUT2D eigenvalue weighted by atomic mass is 10.2. The van der Waals surface area contributed by atoms with Crippen LogP contribution >= 0.6 is 11.6 Å². The van der Waals surface area contributed by atoms with Crippen molar-refractivity contribution in [3.05, 3.63) is 35.4 Å². The van der Waals surface area contributed by atoms with Crippen molar-refractivity contribution in [3.63, 3.8) is 0 Å². The maximum atomic E-state index is 12.3. The van der Waals surface area contributed by atoms with Crippen molar-refractivity contribution in [1.29, 1.82) is 0 Å². The molecule has 19 heavy (non-hydrogen) atoms. The fourth-order valence-corrected chi connectivity index (χ4v) is 3.86. The van der Waals surface area contributed by atoms with Crippen LogP contribution < -0.4 is 0 Å².